The Bertz CT molecular complexity index is 624. The lowest BCUT2D eigenvalue weighted by atomic mass is 10.2. The number of aryl methyl sites for hydroxylation is 1. The average molecular weight is 311 g/mol. The number of anilines is 1. The van der Waals surface area contributed by atoms with Crippen molar-refractivity contribution < 1.29 is 9.53 Å². The highest BCUT2D eigenvalue weighted by molar-refractivity contribution is 6.04. The Hall–Kier alpha value is -2.55. The third kappa shape index (κ3) is 7.32. The maximum Gasteiger partial charge on any atom is 0.255 e. The van der Waals surface area contributed by atoms with Gasteiger partial charge in [-0.15, -0.1) is 6.58 Å². The van der Waals surface area contributed by atoms with Gasteiger partial charge in [0.2, 0.25) is 0 Å². The molecule has 0 saturated heterocycles. The molecule has 2 rings (SSSR count). The van der Waals surface area contributed by atoms with Gasteiger partial charge < -0.3 is 10.1 Å². The minimum absolute atomic E-state index is 0.119. The van der Waals surface area contributed by atoms with Crippen molar-refractivity contribution in [3.8, 4) is 5.75 Å². The summed E-state index contributed by atoms with van der Waals surface area (Å²) in [6, 6.07) is 14.8. The maximum absolute atomic E-state index is 12.0. The normalized spacial score (nSPS) is 9.39. The van der Waals surface area contributed by atoms with Crippen molar-refractivity contribution in [2.75, 3.05) is 11.9 Å². The van der Waals surface area contributed by atoms with Crippen LogP contribution in [0.3, 0.4) is 0 Å². The predicted molar refractivity (Wildman–Crippen MR) is 97.2 cm³/mol. The van der Waals surface area contributed by atoms with Gasteiger partial charge in [0.15, 0.2) is 0 Å². The topological polar surface area (TPSA) is 38.3 Å². The van der Waals surface area contributed by atoms with Crippen molar-refractivity contribution in [3.05, 3.63) is 71.8 Å². The third-order valence-electron chi connectivity index (χ3n) is 2.74. The van der Waals surface area contributed by atoms with Crippen molar-refractivity contribution in [3.63, 3.8) is 0 Å². The Balaban J connectivity index is 0.000000593. The molecule has 3 nitrogen and oxygen atoms in total. The van der Waals surface area contributed by atoms with Crippen LogP contribution < -0.4 is 10.1 Å². The summed E-state index contributed by atoms with van der Waals surface area (Å²) in [5, 5.41) is 2.86. The lowest BCUT2D eigenvalue weighted by Gasteiger charge is -2.07. The summed E-state index contributed by atoms with van der Waals surface area (Å²) in [6.07, 6.45) is 0. The molecule has 0 unspecified atom stereocenters. The van der Waals surface area contributed by atoms with Crippen LogP contribution in [0, 0.1) is 6.92 Å². The number of hydrogen-bond donors (Lipinski definition) is 1. The van der Waals surface area contributed by atoms with Crippen LogP contribution in [0.1, 0.15) is 36.7 Å². The summed E-state index contributed by atoms with van der Waals surface area (Å²) < 4.78 is 5.34. The summed E-state index contributed by atoms with van der Waals surface area (Å²) in [5.41, 5.74) is 3.74. The number of rotatable bonds is 4. The number of amides is 1. The Labute approximate surface area is 139 Å². The summed E-state index contributed by atoms with van der Waals surface area (Å²) >= 11 is 0. The summed E-state index contributed by atoms with van der Waals surface area (Å²) in [5.74, 6) is 0.654. The quantitative estimate of drug-likeness (QED) is 0.785. The van der Waals surface area contributed by atoms with E-state index in [1.807, 2.05) is 52.0 Å². The van der Waals surface area contributed by atoms with Crippen molar-refractivity contribution in [1.82, 2.24) is 0 Å². The Morgan fingerprint density at radius 3 is 2.04 bits per heavy atom. The van der Waals surface area contributed by atoms with E-state index in [9.17, 15) is 4.79 Å². The Morgan fingerprint density at radius 2 is 1.57 bits per heavy atom. The number of ether oxygens (including phenoxy) is 1. The van der Waals surface area contributed by atoms with Gasteiger partial charge in [-0.1, -0.05) is 23.3 Å². The lowest BCUT2D eigenvalue weighted by molar-refractivity contribution is 0.102. The second-order valence-corrected chi connectivity index (χ2v) is 5.48. The monoisotopic (exact) mass is 311 g/mol. The van der Waals surface area contributed by atoms with E-state index < -0.39 is 0 Å². The molecule has 0 bridgehead atoms. The van der Waals surface area contributed by atoms with Crippen molar-refractivity contribution >= 4 is 11.6 Å². The van der Waals surface area contributed by atoms with E-state index in [4.69, 9.17) is 4.74 Å². The molecule has 0 heterocycles. The van der Waals surface area contributed by atoms with E-state index in [1.165, 1.54) is 11.1 Å². The number of carbonyl (C=O) groups is 1. The molecule has 122 valence electrons. The van der Waals surface area contributed by atoms with Gasteiger partial charge in [0.05, 0.1) is 6.61 Å². The molecular weight excluding hydrogens is 286 g/mol. The third-order valence-corrected chi connectivity index (χ3v) is 2.74. The molecule has 0 spiro atoms. The molecule has 0 radical (unpaired) electrons. The van der Waals surface area contributed by atoms with Gasteiger partial charge in [0.1, 0.15) is 5.75 Å². The van der Waals surface area contributed by atoms with Crippen LogP contribution in [0.4, 0.5) is 5.69 Å². The second kappa shape index (κ2) is 9.46. The molecule has 2 aromatic rings. The number of carbonyl (C=O) groups excluding carboxylic acids is 1. The number of hydrogen-bond acceptors (Lipinski definition) is 2. The lowest BCUT2D eigenvalue weighted by Crippen LogP contribution is -2.11. The first kappa shape index (κ1) is 18.5. The minimum atomic E-state index is -0.119. The fourth-order valence-electron chi connectivity index (χ4n) is 1.71. The van der Waals surface area contributed by atoms with Gasteiger partial charge in [0, 0.05) is 11.3 Å². The molecule has 0 aliphatic heterocycles. The standard InChI is InChI=1S/C16H17NO2.C4H8/c1-3-19-15-10-6-13(7-11-15)16(18)17-14-8-4-12(2)5-9-14;1-4(2)3/h4-11H,3H2,1-2H3,(H,17,18);1H2,2-3H3. The average Bonchev–Trinajstić information content (AvgIpc) is 2.50. The molecule has 0 aliphatic rings. The smallest absolute Gasteiger partial charge is 0.255 e. The van der Waals surface area contributed by atoms with Crippen LogP contribution >= 0.6 is 0 Å². The van der Waals surface area contributed by atoms with Crippen LogP contribution in [-0.2, 0) is 0 Å². The molecule has 3 heteroatoms. The van der Waals surface area contributed by atoms with Gasteiger partial charge in [-0.05, 0) is 64.1 Å². The molecular formula is C20H25NO2. The zero-order valence-electron chi connectivity index (χ0n) is 14.3. The van der Waals surface area contributed by atoms with Crippen LogP contribution in [-0.4, -0.2) is 12.5 Å². The van der Waals surface area contributed by atoms with Crippen molar-refractivity contribution in [2.24, 2.45) is 0 Å². The maximum atomic E-state index is 12.0. The number of benzene rings is 2. The van der Waals surface area contributed by atoms with Gasteiger partial charge in [-0.3, -0.25) is 4.79 Å². The molecule has 1 N–H and O–H groups in total. The highest BCUT2D eigenvalue weighted by Gasteiger charge is 2.05. The highest BCUT2D eigenvalue weighted by atomic mass is 16.5. The van der Waals surface area contributed by atoms with Gasteiger partial charge in [0.25, 0.3) is 5.91 Å². The van der Waals surface area contributed by atoms with Crippen LogP contribution in [0.25, 0.3) is 0 Å². The van der Waals surface area contributed by atoms with E-state index in [0.29, 0.717) is 12.2 Å². The zero-order valence-corrected chi connectivity index (χ0v) is 14.3. The zero-order chi connectivity index (χ0) is 17.2. The molecule has 0 fully saturated rings. The summed E-state index contributed by atoms with van der Waals surface area (Å²) in [7, 11) is 0. The second-order valence-electron chi connectivity index (χ2n) is 5.48. The van der Waals surface area contributed by atoms with E-state index in [-0.39, 0.29) is 5.91 Å². The summed E-state index contributed by atoms with van der Waals surface area (Å²) in [4.78, 5) is 12.0. The first-order valence-corrected chi connectivity index (χ1v) is 7.65. The van der Waals surface area contributed by atoms with Gasteiger partial charge >= 0.3 is 0 Å². The van der Waals surface area contributed by atoms with Crippen molar-refractivity contribution in [1.29, 1.82) is 0 Å². The first-order chi connectivity index (χ1) is 10.9. The first-order valence-electron chi connectivity index (χ1n) is 7.65. The van der Waals surface area contributed by atoms with E-state index in [0.717, 1.165) is 11.4 Å². The molecule has 2 aromatic carbocycles. The minimum Gasteiger partial charge on any atom is -0.494 e. The van der Waals surface area contributed by atoms with Crippen molar-refractivity contribution in [2.45, 2.75) is 27.7 Å². The fourth-order valence-corrected chi connectivity index (χ4v) is 1.71. The highest BCUT2D eigenvalue weighted by Crippen LogP contribution is 2.14. The fraction of sp³-hybridized carbons (Fsp3) is 0.250. The SMILES string of the molecule is C=C(C)C.CCOc1ccc(C(=O)Nc2ccc(C)cc2)cc1. The largest absolute Gasteiger partial charge is 0.494 e. The van der Waals surface area contributed by atoms with Gasteiger partial charge in [-0.25, -0.2) is 0 Å². The number of allylic oxidation sites excluding steroid dienone is 1. The predicted octanol–water partition coefficient (Wildman–Crippen LogP) is 5.23. The Morgan fingerprint density at radius 1 is 1.04 bits per heavy atom. The van der Waals surface area contributed by atoms with Gasteiger partial charge in [-0.2, -0.15) is 0 Å². The van der Waals surface area contributed by atoms with Crippen LogP contribution in [0.2, 0.25) is 0 Å². The Kier molecular flexibility index (Phi) is 7.61. The molecule has 0 saturated carbocycles. The van der Waals surface area contributed by atoms with E-state index >= 15 is 0 Å². The molecule has 0 aliphatic carbocycles. The van der Waals surface area contributed by atoms with E-state index in [1.54, 1.807) is 24.3 Å². The molecule has 0 atom stereocenters. The summed E-state index contributed by atoms with van der Waals surface area (Å²) in [6.45, 7) is 12.1. The number of nitrogens with one attached hydrogen (secondary N) is 1. The molecule has 23 heavy (non-hydrogen) atoms. The van der Waals surface area contributed by atoms with Crippen LogP contribution in [0.5, 0.6) is 5.75 Å². The molecule has 1 amide bonds. The van der Waals surface area contributed by atoms with Crippen LogP contribution in [0.15, 0.2) is 60.7 Å². The molecule has 0 aromatic heterocycles. The van der Waals surface area contributed by atoms with E-state index in [2.05, 4.69) is 11.9 Å².